The molecule has 0 atom stereocenters. The Morgan fingerprint density at radius 3 is 2.13 bits per heavy atom. The summed E-state index contributed by atoms with van der Waals surface area (Å²) >= 11 is 0. The highest BCUT2D eigenvalue weighted by Crippen LogP contribution is 2.33. The van der Waals surface area contributed by atoms with Gasteiger partial charge < -0.3 is 4.74 Å². The standard InChI is InChI=1S/C25H22F4O/c1-3-5-19(26)14-16-6-8-17(9-7-16)18-10-11-20(22(27)15-18)21-12-13-23(30-4-2)25(29)24(21)28/h6-15H,3-5H2,1-2H3. The highest BCUT2D eigenvalue weighted by atomic mass is 19.2. The molecule has 0 heterocycles. The Morgan fingerprint density at radius 2 is 1.50 bits per heavy atom. The first-order chi connectivity index (χ1) is 14.4. The van der Waals surface area contributed by atoms with E-state index in [-0.39, 0.29) is 29.3 Å². The molecule has 3 aromatic rings. The molecular weight excluding hydrogens is 392 g/mol. The first kappa shape index (κ1) is 21.6. The molecule has 5 heteroatoms. The second-order valence-electron chi connectivity index (χ2n) is 6.83. The maximum Gasteiger partial charge on any atom is 0.201 e. The van der Waals surface area contributed by atoms with Crippen LogP contribution in [0.3, 0.4) is 0 Å². The lowest BCUT2D eigenvalue weighted by Crippen LogP contribution is -1.99. The Kier molecular flexibility index (Phi) is 6.93. The van der Waals surface area contributed by atoms with E-state index in [1.54, 1.807) is 37.3 Å². The van der Waals surface area contributed by atoms with Crippen molar-refractivity contribution in [3.63, 3.8) is 0 Å². The first-order valence-electron chi connectivity index (χ1n) is 9.81. The Morgan fingerprint density at radius 1 is 0.833 bits per heavy atom. The molecule has 3 aromatic carbocycles. The molecule has 1 nitrogen and oxygen atoms in total. The van der Waals surface area contributed by atoms with Crippen LogP contribution in [0.15, 0.2) is 60.4 Å². The Labute approximate surface area is 173 Å². The minimum absolute atomic E-state index is 0.0422. The average molecular weight is 414 g/mol. The molecule has 30 heavy (non-hydrogen) atoms. The van der Waals surface area contributed by atoms with Gasteiger partial charge in [0.1, 0.15) is 11.6 Å². The average Bonchev–Trinajstić information content (AvgIpc) is 2.73. The van der Waals surface area contributed by atoms with E-state index in [9.17, 15) is 17.6 Å². The maximum atomic E-state index is 14.7. The summed E-state index contributed by atoms with van der Waals surface area (Å²) in [5.74, 6) is -3.37. The Hall–Kier alpha value is -3.08. The molecule has 3 rings (SSSR count). The largest absolute Gasteiger partial charge is 0.491 e. The van der Waals surface area contributed by atoms with Crippen molar-refractivity contribution in [3.8, 4) is 28.0 Å². The van der Waals surface area contributed by atoms with Crippen molar-refractivity contribution in [2.24, 2.45) is 0 Å². The summed E-state index contributed by atoms with van der Waals surface area (Å²) in [4.78, 5) is 0. The van der Waals surface area contributed by atoms with Gasteiger partial charge in [0.2, 0.25) is 5.82 Å². The van der Waals surface area contributed by atoms with Crippen molar-refractivity contribution in [1.29, 1.82) is 0 Å². The van der Waals surface area contributed by atoms with Gasteiger partial charge in [-0.25, -0.2) is 13.2 Å². The van der Waals surface area contributed by atoms with Gasteiger partial charge >= 0.3 is 0 Å². The fourth-order valence-corrected chi connectivity index (χ4v) is 3.18. The first-order valence-corrected chi connectivity index (χ1v) is 9.81. The third kappa shape index (κ3) is 4.73. The zero-order valence-corrected chi connectivity index (χ0v) is 16.8. The number of halogens is 4. The van der Waals surface area contributed by atoms with Gasteiger partial charge in [0.25, 0.3) is 0 Å². The van der Waals surface area contributed by atoms with Crippen LogP contribution in [-0.2, 0) is 0 Å². The highest BCUT2D eigenvalue weighted by Gasteiger charge is 2.18. The van der Waals surface area contributed by atoms with Crippen LogP contribution >= 0.6 is 0 Å². The lowest BCUT2D eigenvalue weighted by molar-refractivity contribution is 0.314. The van der Waals surface area contributed by atoms with Gasteiger partial charge in [0, 0.05) is 11.1 Å². The Balaban J connectivity index is 1.89. The third-order valence-electron chi connectivity index (χ3n) is 4.66. The smallest absolute Gasteiger partial charge is 0.201 e. The normalized spacial score (nSPS) is 11.6. The molecule has 0 saturated heterocycles. The van der Waals surface area contributed by atoms with Gasteiger partial charge in [0.15, 0.2) is 11.6 Å². The highest BCUT2D eigenvalue weighted by molar-refractivity contribution is 5.72. The SMILES string of the molecule is CCCC(F)=Cc1ccc(-c2ccc(-c3ccc(OCC)c(F)c3F)c(F)c2)cc1. The third-order valence-corrected chi connectivity index (χ3v) is 4.66. The number of hydrogen-bond donors (Lipinski definition) is 0. The molecule has 0 aromatic heterocycles. The minimum Gasteiger partial charge on any atom is -0.491 e. The van der Waals surface area contributed by atoms with Crippen LogP contribution in [0.4, 0.5) is 17.6 Å². The van der Waals surface area contributed by atoms with E-state index in [4.69, 9.17) is 4.74 Å². The van der Waals surface area contributed by atoms with E-state index in [0.717, 1.165) is 12.0 Å². The number of ether oxygens (including phenoxy) is 1. The van der Waals surface area contributed by atoms with Crippen molar-refractivity contribution >= 4 is 6.08 Å². The van der Waals surface area contributed by atoms with Gasteiger partial charge in [-0.3, -0.25) is 0 Å². The number of benzene rings is 3. The molecular formula is C25H22F4O. The Bertz CT molecular complexity index is 1060. The molecule has 0 amide bonds. The van der Waals surface area contributed by atoms with Crippen LogP contribution in [0.1, 0.15) is 32.3 Å². The summed E-state index contributed by atoms with van der Waals surface area (Å²) in [6, 6.07) is 13.9. The van der Waals surface area contributed by atoms with E-state index in [0.29, 0.717) is 17.5 Å². The van der Waals surface area contributed by atoms with Gasteiger partial charge in [0.05, 0.1) is 6.61 Å². The van der Waals surface area contributed by atoms with Crippen molar-refractivity contribution < 1.29 is 22.3 Å². The zero-order chi connectivity index (χ0) is 21.7. The molecule has 0 aliphatic rings. The maximum absolute atomic E-state index is 14.7. The molecule has 156 valence electrons. The summed E-state index contributed by atoms with van der Waals surface area (Å²) in [6.45, 7) is 3.76. The predicted octanol–water partition coefficient (Wildman–Crippen LogP) is 7.95. The fraction of sp³-hybridized carbons (Fsp3) is 0.200. The van der Waals surface area contributed by atoms with Gasteiger partial charge in [-0.1, -0.05) is 43.3 Å². The van der Waals surface area contributed by atoms with E-state index in [1.807, 2.05) is 6.92 Å². The van der Waals surface area contributed by atoms with Gasteiger partial charge in [-0.15, -0.1) is 0 Å². The van der Waals surface area contributed by atoms with Crippen molar-refractivity contribution in [1.82, 2.24) is 0 Å². The van der Waals surface area contributed by atoms with Crippen molar-refractivity contribution in [2.45, 2.75) is 26.7 Å². The number of rotatable bonds is 7. The van der Waals surface area contributed by atoms with Crippen molar-refractivity contribution in [3.05, 3.63) is 83.4 Å². The molecule has 0 fully saturated rings. The van der Waals surface area contributed by atoms with Crippen LogP contribution in [-0.4, -0.2) is 6.61 Å². The summed E-state index contributed by atoms with van der Waals surface area (Å²) in [6.07, 6.45) is 2.59. The second kappa shape index (κ2) is 9.61. The van der Waals surface area contributed by atoms with Crippen LogP contribution in [0, 0.1) is 17.5 Å². The van der Waals surface area contributed by atoms with E-state index in [2.05, 4.69) is 0 Å². The fourth-order valence-electron chi connectivity index (χ4n) is 3.18. The summed E-state index contributed by atoms with van der Waals surface area (Å²) in [5.41, 5.74) is 1.81. The van der Waals surface area contributed by atoms with Crippen LogP contribution in [0.2, 0.25) is 0 Å². The summed E-state index contributed by atoms with van der Waals surface area (Å²) in [5, 5.41) is 0. The predicted molar refractivity (Wildman–Crippen MR) is 112 cm³/mol. The number of allylic oxidation sites excluding steroid dienone is 1. The van der Waals surface area contributed by atoms with E-state index in [1.165, 1.54) is 30.3 Å². The summed E-state index contributed by atoms with van der Waals surface area (Å²) in [7, 11) is 0. The van der Waals surface area contributed by atoms with Crippen LogP contribution in [0.25, 0.3) is 28.3 Å². The lowest BCUT2D eigenvalue weighted by Gasteiger charge is -2.11. The van der Waals surface area contributed by atoms with Gasteiger partial charge in [-0.05, 0) is 60.7 Å². The summed E-state index contributed by atoms with van der Waals surface area (Å²) < 4.78 is 62.0. The quantitative estimate of drug-likeness (QED) is 0.357. The molecule has 0 bridgehead atoms. The van der Waals surface area contributed by atoms with Gasteiger partial charge in [-0.2, -0.15) is 4.39 Å². The molecule has 0 spiro atoms. The monoisotopic (exact) mass is 414 g/mol. The topological polar surface area (TPSA) is 9.23 Å². The molecule has 0 unspecified atom stereocenters. The molecule has 0 aliphatic heterocycles. The van der Waals surface area contributed by atoms with E-state index < -0.39 is 17.5 Å². The minimum atomic E-state index is -1.15. The molecule has 0 radical (unpaired) electrons. The molecule has 0 saturated carbocycles. The molecule has 0 N–H and O–H groups in total. The zero-order valence-electron chi connectivity index (χ0n) is 16.8. The van der Waals surface area contributed by atoms with E-state index >= 15 is 0 Å². The van der Waals surface area contributed by atoms with Crippen molar-refractivity contribution in [2.75, 3.05) is 6.61 Å². The number of hydrogen-bond acceptors (Lipinski definition) is 1. The molecule has 0 aliphatic carbocycles. The van der Waals surface area contributed by atoms with Crippen LogP contribution < -0.4 is 4.74 Å². The van der Waals surface area contributed by atoms with Crippen LogP contribution in [0.5, 0.6) is 5.75 Å². The lowest BCUT2D eigenvalue weighted by atomic mass is 9.98. The second-order valence-corrected chi connectivity index (χ2v) is 6.83.